The van der Waals surface area contributed by atoms with Crippen LogP contribution in [0.3, 0.4) is 0 Å². The molecule has 4 spiro atoms. The fraction of sp³-hybridized carbons (Fsp3) is 1.00. The second-order valence-corrected chi connectivity index (χ2v) is 22.6. The van der Waals surface area contributed by atoms with Gasteiger partial charge in [0.05, 0.1) is 0 Å². The monoisotopic (exact) mass is 965 g/mol. The molecule has 416 valence electrons. The van der Waals surface area contributed by atoms with Gasteiger partial charge in [-0.3, -0.25) is 0 Å². The smallest absolute Gasteiger partial charge is 0.00385 e. The van der Waals surface area contributed by atoms with E-state index in [2.05, 4.69) is 103 Å². The number of hydrogen-bond donors (Lipinski definition) is 0. The van der Waals surface area contributed by atoms with Gasteiger partial charge < -0.3 is 19.6 Å². The third kappa shape index (κ3) is 25.7. The Morgan fingerprint density at radius 1 is 0.235 bits per heavy atom. The Morgan fingerprint density at radius 3 is 0.412 bits per heavy atom. The van der Waals surface area contributed by atoms with Crippen molar-refractivity contribution in [1.82, 2.24) is 19.6 Å². The van der Waals surface area contributed by atoms with Crippen LogP contribution in [0.25, 0.3) is 0 Å². The third-order valence-electron chi connectivity index (χ3n) is 16.6. The molecule has 4 heteroatoms. The first-order valence-electron chi connectivity index (χ1n) is 31.4. The molecule has 0 N–H and O–H groups in total. The highest BCUT2D eigenvalue weighted by atomic mass is 15.2. The van der Waals surface area contributed by atoms with Gasteiger partial charge in [0.2, 0.25) is 0 Å². The van der Waals surface area contributed by atoms with E-state index in [0.717, 1.165) is 69.5 Å². The highest BCUT2D eigenvalue weighted by Crippen LogP contribution is 2.55. The van der Waals surface area contributed by atoms with Gasteiger partial charge in [-0.1, -0.05) is 138 Å². The Labute approximate surface area is 436 Å². The van der Waals surface area contributed by atoms with Gasteiger partial charge >= 0.3 is 0 Å². The molecule has 0 aromatic rings. The van der Waals surface area contributed by atoms with Crippen LogP contribution in [0.1, 0.15) is 297 Å². The van der Waals surface area contributed by atoms with Crippen molar-refractivity contribution in [3.63, 3.8) is 0 Å². The summed E-state index contributed by atoms with van der Waals surface area (Å²) in [6, 6.07) is 3.04. The largest absolute Gasteiger partial charge is 0.301 e. The summed E-state index contributed by atoms with van der Waals surface area (Å²) in [5.41, 5.74) is 3.19. The van der Waals surface area contributed by atoms with E-state index < -0.39 is 0 Å². The lowest BCUT2D eigenvalue weighted by Gasteiger charge is -2.52. The normalized spacial score (nSPS) is 25.7. The van der Waals surface area contributed by atoms with E-state index in [1.807, 2.05) is 111 Å². The Balaban J connectivity index is -0.000000365. The first-order valence-corrected chi connectivity index (χ1v) is 31.4. The molecule has 68 heavy (non-hydrogen) atoms. The summed E-state index contributed by atoms with van der Waals surface area (Å²) in [5.74, 6) is 4.08. The Morgan fingerprint density at radius 2 is 0.338 bits per heavy atom. The summed E-state index contributed by atoms with van der Waals surface area (Å²) in [6.07, 6.45) is 23.8. The van der Waals surface area contributed by atoms with Gasteiger partial charge in [-0.05, 0) is 256 Å². The Hall–Kier alpha value is -0.160. The summed E-state index contributed by atoms with van der Waals surface area (Å²) in [7, 11) is 0. The molecule has 8 aliphatic rings. The molecule has 4 saturated heterocycles. The van der Waals surface area contributed by atoms with Crippen LogP contribution >= 0.6 is 0 Å². The second-order valence-electron chi connectivity index (χ2n) is 22.6. The summed E-state index contributed by atoms with van der Waals surface area (Å²) >= 11 is 0. The van der Waals surface area contributed by atoms with Crippen LogP contribution in [0.4, 0.5) is 0 Å². The topological polar surface area (TPSA) is 13.0 Å². The van der Waals surface area contributed by atoms with Crippen LogP contribution in [0.15, 0.2) is 0 Å². The summed E-state index contributed by atoms with van der Waals surface area (Å²) in [6.45, 7) is 71.0. The third-order valence-corrected chi connectivity index (χ3v) is 16.6. The molecule has 4 nitrogen and oxygen atoms in total. The van der Waals surface area contributed by atoms with E-state index in [9.17, 15) is 0 Å². The predicted octanol–water partition coefficient (Wildman–Crippen LogP) is 19.8. The quantitative estimate of drug-likeness (QED) is 0.278. The van der Waals surface area contributed by atoms with Gasteiger partial charge in [0.25, 0.3) is 0 Å². The van der Waals surface area contributed by atoms with Crippen molar-refractivity contribution in [2.45, 2.75) is 321 Å². The van der Waals surface area contributed by atoms with Crippen LogP contribution in [-0.4, -0.2) is 96.1 Å². The van der Waals surface area contributed by atoms with Gasteiger partial charge in [0, 0.05) is 24.2 Å². The van der Waals surface area contributed by atoms with Gasteiger partial charge in [-0.2, -0.15) is 0 Å². The molecular weight excluding hydrogens is 825 g/mol. The standard InChI is InChI=1S/4C12H23N.8C2H6/c4*1-10(2)13-6-4-12(5-7-13)8-11(3)9-12;8*1-2/h4*10-11H,4-9H2,1-3H3;8*1-2H3. The minimum absolute atomic E-state index is 0.759. The highest BCUT2D eigenvalue weighted by Gasteiger charge is 2.46. The van der Waals surface area contributed by atoms with Crippen molar-refractivity contribution < 1.29 is 0 Å². The van der Waals surface area contributed by atoms with Crippen molar-refractivity contribution in [2.24, 2.45) is 45.3 Å². The van der Waals surface area contributed by atoms with E-state index in [-0.39, 0.29) is 0 Å². The van der Waals surface area contributed by atoms with Crippen molar-refractivity contribution >= 4 is 0 Å². The van der Waals surface area contributed by atoms with Gasteiger partial charge in [-0.15, -0.1) is 0 Å². The van der Waals surface area contributed by atoms with Crippen molar-refractivity contribution in [1.29, 1.82) is 0 Å². The van der Waals surface area contributed by atoms with E-state index in [1.165, 1.54) is 155 Å². The average molecular weight is 966 g/mol. The van der Waals surface area contributed by atoms with Gasteiger partial charge in [-0.25, -0.2) is 0 Å². The lowest BCUT2D eigenvalue weighted by Crippen LogP contribution is -2.48. The lowest BCUT2D eigenvalue weighted by atomic mass is 9.58. The molecule has 4 heterocycles. The summed E-state index contributed by atoms with van der Waals surface area (Å²) < 4.78 is 0. The maximum absolute atomic E-state index is 2.63. The number of likely N-dealkylation sites (tertiary alicyclic amines) is 4. The van der Waals surface area contributed by atoms with E-state index >= 15 is 0 Å². The molecule has 0 amide bonds. The maximum atomic E-state index is 2.63. The number of piperidine rings is 4. The molecule has 8 rings (SSSR count). The molecule has 4 aliphatic carbocycles. The zero-order valence-corrected chi connectivity index (χ0v) is 53.4. The van der Waals surface area contributed by atoms with Gasteiger partial charge in [0.15, 0.2) is 0 Å². The zero-order chi connectivity index (χ0) is 53.9. The molecule has 8 fully saturated rings. The van der Waals surface area contributed by atoms with Crippen LogP contribution in [0.5, 0.6) is 0 Å². The Bertz CT molecular complexity index is 848. The van der Waals surface area contributed by atoms with Crippen molar-refractivity contribution in [3.05, 3.63) is 0 Å². The first kappa shape index (κ1) is 74.4. The predicted molar refractivity (Wildman–Crippen MR) is 318 cm³/mol. The minimum atomic E-state index is 0.759. The lowest BCUT2D eigenvalue weighted by molar-refractivity contribution is -0.0138. The van der Waals surface area contributed by atoms with Crippen LogP contribution in [0, 0.1) is 45.3 Å². The van der Waals surface area contributed by atoms with Crippen molar-refractivity contribution in [2.75, 3.05) is 52.4 Å². The molecule has 0 radical (unpaired) electrons. The molecule has 4 aliphatic heterocycles. The highest BCUT2D eigenvalue weighted by molar-refractivity contribution is 4.98. The van der Waals surface area contributed by atoms with Crippen LogP contribution in [0.2, 0.25) is 0 Å². The molecule has 4 saturated carbocycles. The molecular formula is C64H140N4. The van der Waals surface area contributed by atoms with E-state index in [4.69, 9.17) is 0 Å². The fourth-order valence-corrected chi connectivity index (χ4v) is 13.4. The zero-order valence-electron chi connectivity index (χ0n) is 53.4. The van der Waals surface area contributed by atoms with E-state index in [0.29, 0.717) is 0 Å². The van der Waals surface area contributed by atoms with Crippen LogP contribution in [-0.2, 0) is 0 Å². The SMILES string of the molecule is CC.CC.CC.CC.CC.CC.CC.CC.CC1CC2(CCN(C(C)C)CC2)C1.CC1CC2(CCN(C(C)C)CC2)C1.CC1CC2(CCN(C(C)C)CC2)C1.CC1CC2(CCN(C(C)C)CC2)C1. The number of rotatable bonds is 4. The number of nitrogens with zero attached hydrogens (tertiary/aromatic N) is 4. The fourth-order valence-electron chi connectivity index (χ4n) is 13.4. The Kier molecular flexibility index (Phi) is 45.1. The van der Waals surface area contributed by atoms with E-state index in [1.54, 1.807) is 0 Å². The van der Waals surface area contributed by atoms with Crippen LogP contribution < -0.4 is 0 Å². The summed E-state index contributed by atoms with van der Waals surface area (Å²) in [5, 5.41) is 0. The minimum Gasteiger partial charge on any atom is -0.301 e. The van der Waals surface area contributed by atoms with Crippen molar-refractivity contribution in [3.8, 4) is 0 Å². The average Bonchev–Trinajstić information content (AvgIpc) is 3.34. The molecule has 0 aromatic carbocycles. The van der Waals surface area contributed by atoms with Gasteiger partial charge in [0.1, 0.15) is 0 Å². The molecule has 0 bridgehead atoms. The maximum Gasteiger partial charge on any atom is 0.00385 e. The molecule has 0 atom stereocenters. The number of hydrogen-bond acceptors (Lipinski definition) is 4. The summed E-state index contributed by atoms with van der Waals surface area (Å²) in [4.78, 5) is 10.5. The second kappa shape index (κ2) is 41.2. The first-order chi connectivity index (χ1) is 32.5. The molecule has 0 aromatic heterocycles. The molecule has 0 unspecified atom stereocenters.